The maximum atomic E-state index is 13.0. The van der Waals surface area contributed by atoms with E-state index in [0.29, 0.717) is 12.6 Å². The standard InChI is InChI=1S/C16H24FN3O/c17-13-1-3-14(4-2-13)20-9-7-19(8-10-20)12-16-6-5-15(11-18)21-16/h1-4,15-16H,5-12,18H2. The van der Waals surface area contributed by atoms with E-state index in [-0.39, 0.29) is 11.9 Å². The van der Waals surface area contributed by atoms with E-state index in [1.165, 1.54) is 12.1 Å². The van der Waals surface area contributed by atoms with Gasteiger partial charge in [-0.2, -0.15) is 0 Å². The second-order valence-corrected chi connectivity index (χ2v) is 5.96. The van der Waals surface area contributed by atoms with Gasteiger partial charge >= 0.3 is 0 Å². The summed E-state index contributed by atoms with van der Waals surface area (Å²) >= 11 is 0. The summed E-state index contributed by atoms with van der Waals surface area (Å²) in [4.78, 5) is 4.78. The van der Waals surface area contributed by atoms with E-state index < -0.39 is 0 Å². The molecule has 0 radical (unpaired) electrons. The van der Waals surface area contributed by atoms with Crippen molar-refractivity contribution in [2.45, 2.75) is 25.0 Å². The molecule has 0 bridgehead atoms. The minimum absolute atomic E-state index is 0.176. The SMILES string of the molecule is NCC1CCC(CN2CCN(c3ccc(F)cc3)CC2)O1. The number of nitrogens with zero attached hydrogens (tertiary/aromatic N) is 2. The van der Waals surface area contributed by atoms with Gasteiger partial charge in [-0.15, -0.1) is 0 Å². The van der Waals surface area contributed by atoms with Crippen molar-refractivity contribution in [1.29, 1.82) is 0 Å². The van der Waals surface area contributed by atoms with Gasteiger partial charge in [-0.25, -0.2) is 4.39 Å². The Morgan fingerprint density at radius 1 is 1.05 bits per heavy atom. The summed E-state index contributed by atoms with van der Waals surface area (Å²) in [5.41, 5.74) is 6.76. The van der Waals surface area contributed by atoms with Gasteiger partial charge in [-0.3, -0.25) is 4.90 Å². The minimum Gasteiger partial charge on any atom is -0.372 e. The van der Waals surface area contributed by atoms with Crippen LogP contribution in [0.5, 0.6) is 0 Å². The third-order valence-electron chi connectivity index (χ3n) is 4.48. The molecule has 2 heterocycles. The van der Waals surface area contributed by atoms with Gasteiger partial charge in [-0.05, 0) is 37.1 Å². The monoisotopic (exact) mass is 293 g/mol. The molecule has 5 heteroatoms. The van der Waals surface area contributed by atoms with Gasteiger partial charge < -0.3 is 15.4 Å². The molecular formula is C16H24FN3O. The molecule has 0 saturated carbocycles. The molecule has 0 aromatic heterocycles. The lowest BCUT2D eigenvalue weighted by Gasteiger charge is -2.37. The van der Waals surface area contributed by atoms with E-state index in [1.807, 2.05) is 12.1 Å². The molecule has 4 nitrogen and oxygen atoms in total. The van der Waals surface area contributed by atoms with Gasteiger partial charge in [0.15, 0.2) is 0 Å². The van der Waals surface area contributed by atoms with E-state index in [4.69, 9.17) is 10.5 Å². The molecule has 21 heavy (non-hydrogen) atoms. The largest absolute Gasteiger partial charge is 0.372 e. The Hall–Kier alpha value is -1.17. The number of piperazine rings is 1. The number of benzene rings is 1. The van der Waals surface area contributed by atoms with Crippen LogP contribution in [-0.2, 0) is 4.74 Å². The van der Waals surface area contributed by atoms with Gasteiger partial charge in [0.1, 0.15) is 5.82 Å². The second kappa shape index (κ2) is 6.73. The topological polar surface area (TPSA) is 41.7 Å². The average Bonchev–Trinajstić information content (AvgIpc) is 2.97. The van der Waals surface area contributed by atoms with E-state index >= 15 is 0 Å². The Labute approximate surface area is 125 Å². The van der Waals surface area contributed by atoms with Crippen molar-refractivity contribution in [3.63, 3.8) is 0 Å². The lowest BCUT2D eigenvalue weighted by molar-refractivity contribution is 0.0260. The summed E-state index contributed by atoms with van der Waals surface area (Å²) in [7, 11) is 0. The second-order valence-electron chi connectivity index (χ2n) is 5.96. The van der Waals surface area contributed by atoms with E-state index in [9.17, 15) is 4.39 Å². The normalized spacial score (nSPS) is 27.2. The Balaban J connectivity index is 1.46. The summed E-state index contributed by atoms with van der Waals surface area (Å²) in [6.07, 6.45) is 2.82. The van der Waals surface area contributed by atoms with Crippen LogP contribution >= 0.6 is 0 Å². The lowest BCUT2D eigenvalue weighted by Crippen LogP contribution is -2.48. The number of ether oxygens (including phenoxy) is 1. The van der Waals surface area contributed by atoms with Gasteiger partial charge in [0.05, 0.1) is 12.2 Å². The van der Waals surface area contributed by atoms with Crippen LogP contribution < -0.4 is 10.6 Å². The van der Waals surface area contributed by atoms with Crippen molar-refractivity contribution < 1.29 is 9.13 Å². The van der Waals surface area contributed by atoms with Crippen molar-refractivity contribution in [2.24, 2.45) is 5.73 Å². The Morgan fingerprint density at radius 2 is 1.71 bits per heavy atom. The predicted molar refractivity (Wildman–Crippen MR) is 82.0 cm³/mol. The fourth-order valence-corrected chi connectivity index (χ4v) is 3.22. The summed E-state index contributed by atoms with van der Waals surface area (Å²) < 4.78 is 18.9. The van der Waals surface area contributed by atoms with Crippen LogP contribution in [0.2, 0.25) is 0 Å². The number of nitrogens with two attached hydrogens (primary N) is 1. The molecule has 2 unspecified atom stereocenters. The molecule has 116 valence electrons. The molecule has 3 rings (SSSR count). The summed E-state index contributed by atoms with van der Waals surface area (Å²) in [6.45, 7) is 5.68. The molecule has 0 aliphatic carbocycles. The van der Waals surface area contributed by atoms with Crippen LogP contribution in [0.4, 0.5) is 10.1 Å². The zero-order chi connectivity index (χ0) is 14.7. The van der Waals surface area contributed by atoms with E-state index in [1.54, 1.807) is 0 Å². The number of anilines is 1. The Kier molecular flexibility index (Phi) is 4.73. The highest BCUT2D eigenvalue weighted by Crippen LogP contribution is 2.21. The van der Waals surface area contributed by atoms with Crippen LogP contribution in [0.3, 0.4) is 0 Å². The van der Waals surface area contributed by atoms with Crippen LogP contribution in [0, 0.1) is 5.82 Å². The first-order valence-corrected chi connectivity index (χ1v) is 7.83. The Bertz CT molecular complexity index is 445. The van der Waals surface area contributed by atoms with Crippen molar-refractivity contribution in [3.05, 3.63) is 30.1 Å². The molecule has 2 saturated heterocycles. The number of rotatable bonds is 4. The quantitative estimate of drug-likeness (QED) is 0.912. The van der Waals surface area contributed by atoms with E-state index in [0.717, 1.165) is 51.3 Å². The first-order valence-electron chi connectivity index (χ1n) is 7.83. The molecule has 2 aliphatic heterocycles. The lowest BCUT2D eigenvalue weighted by atomic mass is 10.1. The smallest absolute Gasteiger partial charge is 0.123 e. The zero-order valence-corrected chi connectivity index (χ0v) is 12.4. The fourth-order valence-electron chi connectivity index (χ4n) is 3.22. The Morgan fingerprint density at radius 3 is 2.33 bits per heavy atom. The summed E-state index contributed by atoms with van der Waals surface area (Å²) in [5.74, 6) is -0.176. The highest BCUT2D eigenvalue weighted by atomic mass is 19.1. The van der Waals surface area contributed by atoms with Crippen molar-refractivity contribution in [2.75, 3.05) is 44.2 Å². The molecule has 1 aromatic carbocycles. The van der Waals surface area contributed by atoms with Crippen LogP contribution in [0.1, 0.15) is 12.8 Å². The first kappa shape index (κ1) is 14.8. The van der Waals surface area contributed by atoms with Crippen molar-refractivity contribution >= 4 is 5.69 Å². The third-order valence-corrected chi connectivity index (χ3v) is 4.48. The highest BCUT2D eigenvalue weighted by molar-refractivity contribution is 5.46. The van der Waals surface area contributed by atoms with Crippen LogP contribution in [0.15, 0.2) is 24.3 Å². The van der Waals surface area contributed by atoms with Crippen molar-refractivity contribution in [3.8, 4) is 0 Å². The summed E-state index contributed by atoms with van der Waals surface area (Å²) in [5, 5.41) is 0. The number of hydrogen-bond acceptors (Lipinski definition) is 4. The van der Waals surface area contributed by atoms with Crippen LogP contribution in [0.25, 0.3) is 0 Å². The fraction of sp³-hybridized carbons (Fsp3) is 0.625. The van der Waals surface area contributed by atoms with Gasteiger partial charge in [-0.1, -0.05) is 0 Å². The minimum atomic E-state index is -0.176. The predicted octanol–water partition coefficient (Wildman–Crippen LogP) is 1.45. The van der Waals surface area contributed by atoms with Crippen molar-refractivity contribution in [1.82, 2.24) is 4.90 Å². The first-order chi connectivity index (χ1) is 10.2. The molecule has 2 aliphatic rings. The molecular weight excluding hydrogens is 269 g/mol. The molecule has 0 spiro atoms. The van der Waals surface area contributed by atoms with E-state index in [2.05, 4.69) is 9.80 Å². The maximum Gasteiger partial charge on any atom is 0.123 e. The average molecular weight is 293 g/mol. The molecule has 2 fully saturated rings. The third kappa shape index (κ3) is 3.73. The molecule has 2 N–H and O–H groups in total. The molecule has 2 atom stereocenters. The van der Waals surface area contributed by atoms with Gasteiger partial charge in [0, 0.05) is 45.0 Å². The molecule has 0 amide bonds. The highest BCUT2D eigenvalue weighted by Gasteiger charge is 2.27. The molecule has 1 aromatic rings. The van der Waals surface area contributed by atoms with Gasteiger partial charge in [0.2, 0.25) is 0 Å². The van der Waals surface area contributed by atoms with Gasteiger partial charge in [0.25, 0.3) is 0 Å². The summed E-state index contributed by atoms with van der Waals surface area (Å²) in [6, 6.07) is 6.77. The number of hydrogen-bond donors (Lipinski definition) is 1. The number of halogens is 1. The maximum absolute atomic E-state index is 13.0. The zero-order valence-electron chi connectivity index (χ0n) is 12.4. The van der Waals surface area contributed by atoms with Crippen LogP contribution in [-0.4, -0.2) is 56.4 Å².